The van der Waals surface area contributed by atoms with E-state index in [1.54, 1.807) is 0 Å². The Kier molecular flexibility index (Phi) is 4.75. The predicted octanol–water partition coefficient (Wildman–Crippen LogP) is 4.53. The van der Waals surface area contributed by atoms with Crippen LogP contribution in [0.4, 0.5) is 0 Å². The second-order valence-corrected chi connectivity index (χ2v) is 6.41. The molecule has 126 valence electrons. The van der Waals surface area contributed by atoms with Crippen LogP contribution in [-0.4, -0.2) is 23.0 Å². The van der Waals surface area contributed by atoms with Gasteiger partial charge < -0.3 is 4.74 Å². The van der Waals surface area contributed by atoms with E-state index in [4.69, 9.17) is 4.74 Å². The summed E-state index contributed by atoms with van der Waals surface area (Å²) in [7, 11) is 0. The molecule has 0 radical (unpaired) electrons. The highest BCUT2D eigenvalue weighted by atomic mass is 16.5. The summed E-state index contributed by atoms with van der Waals surface area (Å²) in [5.41, 5.74) is 4.95. The molecule has 3 heteroatoms. The fraction of sp³-hybridized carbons (Fsp3) is 0.227. The second-order valence-electron chi connectivity index (χ2n) is 6.41. The third-order valence-electron chi connectivity index (χ3n) is 4.59. The summed E-state index contributed by atoms with van der Waals surface area (Å²) in [4.78, 5) is 6.99. The van der Waals surface area contributed by atoms with E-state index in [9.17, 15) is 0 Å². The van der Waals surface area contributed by atoms with Gasteiger partial charge in [-0.3, -0.25) is 4.90 Å². The summed E-state index contributed by atoms with van der Waals surface area (Å²) in [6, 6.07) is 23.3. The molecule has 2 heterocycles. The average molecular weight is 333 g/mol. The molecular formula is C22H22N2O. The summed E-state index contributed by atoms with van der Waals surface area (Å²) in [6.07, 6.45) is 2.87. The number of rotatable bonds is 3. The van der Waals surface area contributed by atoms with Crippen molar-refractivity contribution >= 4 is 0 Å². The average Bonchev–Trinajstić information content (AvgIpc) is 2.65. The molecule has 1 aromatic heterocycles. The van der Waals surface area contributed by atoms with Crippen LogP contribution in [0, 0.1) is 0 Å². The Bertz CT molecular complexity index is 818. The topological polar surface area (TPSA) is 25.4 Å². The molecule has 0 N–H and O–H groups in total. The second kappa shape index (κ2) is 7.49. The number of fused-ring (bicyclic) bond motifs is 1. The first kappa shape index (κ1) is 15.9. The van der Waals surface area contributed by atoms with E-state index in [0.29, 0.717) is 6.61 Å². The van der Waals surface area contributed by atoms with Gasteiger partial charge in [0.2, 0.25) is 5.88 Å². The highest BCUT2D eigenvalue weighted by molar-refractivity contribution is 5.68. The molecule has 3 nitrogen and oxygen atoms in total. The highest BCUT2D eigenvalue weighted by Gasteiger charge is 2.19. The molecular weight excluding hydrogens is 311 g/mol. The van der Waals surface area contributed by atoms with Crippen LogP contribution in [0.15, 0.2) is 72.9 Å². The molecule has 0 bridgehead atoms. The van der Waals surface area contributed by atoms with Gasteiger partial charge in [-0.1, -0.05) is 60.7 Å². The third kappa shape index (κ3) is 3.72. The first-order valence-electron chi connectivity index (χ1n) is 8.82. The van der Waals surface area contributed by atoms with E-state index in [-0.39, 0.29) is 0 Å². The molecule has 0 atom stereocenters. The van der Waals surface area contributed by atoms with Crippen LogP contribution < -0.4 is 4.74 Å². The van der Waals surface area contributed by atoms with Gasteiger partial charge in [0.1, 0.15) is 0 Å². The number of aromatic nitrogens is 1. The highest BCUT2D eigenvalue weighted by Crippen LogP contribution is 2.31. The number of ether oxygens (including phenoxy) is 1. The summed E-state index contributed by atoms with van der Waals surface area (Å²) in [6.45, 7) is 3.53. The largest absolute Gasteiger partial charge is 0.477 e. The standard InChI is InChI=1S/C22H22N2O/c1-3-8-18(9-4-1)16-24-14-7-15-25-22-21(17-24)20(12-13-23-22)19-10-5-2-6-11-19/h1-6,8-13H,7,14-17H2/i16+3. The smallest absolute Gasteiger partial charge is 0.218 e. The monoisotopic (exact) mass is 333 g/mol. The molecule has 3 aromatic rings. The van der Waals surface area contributed by atoms with E-state index < -0.39 is 0 Å². The van der Waals surface area contributed by atoms with Gasteiger partial charge in [0, 0.05) is 31.4 Å². The molecule has 0 aliphatic carbocycles. The van der Waals surface area contributed by atoms with Gasteiger partial charge in [-0.2, -0.15) is 0 Å². The van der Waals surface area contributed by atoms with Crippen molar-refractivity contribution in [1.29, 1.82) is 0 Å². The number of pyridine rings is 1. The Morgan fingerprint density at radius 3 is 2.48 bits per heavy atom. The summed E-state index contributed by atoms with van der Waals surface area (Å²) in [5, 5.41) is 0. The minimum Gasteiger partial charge on any atom is -0.477 e. The van der Waals surface area contributed by atoms with Crippen molar-refractivity contribution in [2.45, 2.75) is 19.5 Å². The van der Waals surface area contributed by atoms with Gasteiger partial charge in [-0.05, 0) is 29.2 Å². The van der Waals surface area contributed by atoms with Gasteiger partial charge in [0.25, 0.3) is 0 Å². The van der Waals surface area contributed by atoms with Crippen LogP contribution in [0.25, 0.3) is 11.1 Å². The zero-order chi connectivity index (χ0) is 16.9. The summed E-state index contributed by atoms with van der Waals surface area (Å²) in [5.74, 6) is 0.777. The van der Waals surface area contributed by atoms with Crippen LogP contribution in [0.3, 0.4) is 0 Å². The molecule has 0 saturated heterocycles. The maximum absolute atomic E-state index is 5.95. The minimum absolute atomic E-state index is 0.712. The molecule has 25 heavy (non-hydrogen) atoms. The lowest BCUT2D eigenvalue weighted by molar-refractivity contribution is 0.196. The van der Waals surface area contributed by atoms with Crippen LogP contribution in [0.2, 0.25) is 0 Å². The van der Waals surface area contributed by atoms with E-state index in [1.807, 2.05) is 12.3 Å². The van der Waals surface area contributed by atoms with Crippen molar-refractivity contribution in [2.24, 2.45) is 0 Å². The van der Waals surface area contributed by atoms with Gasteiger partial charge in [-0.25, -0.2) is 4.98 Å². The minimum atomic E-state index is 0.712. The van der Waals surface area contributed by atoms with Gasteiger partial charge >= 0.3 is 0 Å². The number of nitrogens with zero attached hydrogens (tertiary/aromatic N) is 2. The van der Waals surface area contributed by atoms with Crippen LogP contribution in [-0.2, 0) is 13.1 Å². The molecule has 0 unspecified atom stereocenters. The molecule has 1 aliphatic heterocycles. The Morgan fingerprint density at radius 1 is 0.920 bits per heavy atom. The van der Waals surface area contributed by atoms with Crippen molar-refractivity contribution in [3.05, 3.63) is 84.1 Å². The lowest BCUT2D eigenvalue weighted by Gasteiger charge is -2.27. The van der Waals surface area contributed by atoms with Crippen LogP contribution in [0.1, 0.15) is 17.5 Å². The molecule has 2 aromatic carbocycles. The van der Waals surface area contributed by atoms with E-state index >= 15 is 0 Å². The molecule has 1 aliphatic rings. The lowest BCUT2D eigenvalue weighted by Crippen LogP contribution is -2.28. The van der Waals surface area contributed by atoms with Crippen LogP contribution >= 0.6 is 0 Å². The number of benzene rings is 2. The zero-order valence-electron chi connectivity index (χ0n) is 14.3. The maximum atomic E-state index is 5.95. The van der Waals surface area contributed by atoms with Crippen molar-refractivity contribution in [1.82, 2.24) is 9.88 Å². The quantitative estimate of drug-likeness (QED) is 0.704. The lowest BCUT2D eigenvalue weighted by atomic mass is 10.0. The Morgan fingerprint density at radius 2 is 1.68 bits per heavy atom. The Labute approximate surface area is 148 Å². The number of hydrogen-bond donors (Lipinski definition) is 0. The molecule has 0 spiro atoms. The summed E-state index contributed by atoms with van der Waals surface area (Å²) < 4.78 is 5.95. The van der Waals surface area contributed by atoms with Crippen molar-refractivity contribution in [3.8, 4) is 17.0 Å². The van der Waals surface area contributed by atoms with Gasteiger partial charge in [0.05, 0.1) is 6.61 Å². The Balaban J connectivity index is 1.68. The molecule has 0 fully saturated rings. The first-order valence-corrected chi connectivity index (χ1v) is 8.82. The number of hydrogen-bond acceptors (Lipinski definition) is 3. The summed E-state index contributed by atoms with van der Waals surface area (Å²) >= 11 is 0. The van der Waals surface area contributed by atoms with Crippen molar-refractivity contribution in [2.75, 3.05) is 13.2 Å². The SMILES string of the molecule is c1ccc([15CH2]N2CCCOc3nccc(-c4ccccc4)c3C2)cc1. The maximum Gasteiger partial charge on any atom is 0.218 e. The van der Waals surface area contributed by atoms with Crippen molar-refractivity contribution < 1.29 is 4.74 Å². The van der Waals surface area contributed by atoms with Crippen LogP contribution in [0.5, 0.6) is 5.88 Å². The Hall–Kier alpha value is -2.65. The zero-order valence-corrected chi connectivity index (χ0v) is 14.3. The fourth-order valence-corrected chi connectivity index (χ4v) is 3.37. The fourth-order valence-electron chi connectivity index (χ4n) is 3.37. The van der Waals surface area contributed by atoms with E-state index in [1.165, 1.54) is 22.3 Å². The van der Waals surface area contributed by atoms with E-state index in [0.717, 1.165) is 31.9 Å². The van der Waals surface area contributed by atoms with E-state index in [2.05, 4.69) is 70.5 Å². The molecule has 0 amide bonds. The van der Waals surface area contributed by atoms with Crippen molar-refractivity contribution in [3.63, 3.8) is 0 Å². The first-order chi connectivity index (χ1) is 12.4. The van der Waals surface area contributed by atoms with Gasteiger partial charge in [0.15, 0.2) is 0 Å². The molecule has 0 saturated carbocycles. The molecule has 4 rings (SSSR count). The normalized spacial score (nSPS) is 14.9. The van der Waals surface area contributed by atoms with Gasteiger partial charge in [-0.15, -0.1) is 0 Å². The third-order valence-corrected chi connectivity index (χ3v) is 4.59. The predicted molar refractivity (Wildman–Crippen MR) is 100 cm³/mol.